The molecule has 3 N–H and O–H groups in total. The maximum absolute atomic E-state index is 11.7. The zero-order chi connectivity index (χ0) is 15.5. The second kappa shape index (κ2) is 10.0. The second-order valence-electron chi connectivity index (χ2n) is 4.59. The normalized spacial score (nSPS) is 11.6. The van der Waals surface area contributed by atoms with Gasteiger partial charge >= 0.3 is 12.0 Å². The van der Waals surface area contributed by atoms with Crippen molar-refractivity contribution in [2.45, 2.75) is 13.3 Å². The van der Waals surface area contributed by atoms with Crippen molar-refractivity contribution in [2.75, 3.05) is 40.4 Å². The van der Waals surface area contributed by atoms with E-state index >= 15 is 0 Å². The molecule has 20 heavy (non-hydrogen) atoms. The first-order chi connectivity index (χ1) is 9.36. The lowest BCUT2D eigenvalue weighted by Gasteiger charge is -2.19. The molecule has 0 bridgehead atoms. The molecule has 0 saturated heterocycles. The Hall–Kier alpha value is -1.83. The molecule has 0 aliphatic carbocycles. The number of carboxylic acids is 1. The van der Waals surface area contributed by atoms with E-state index in [4.69, 9.17) is 9.84 Å². The Kier molecular flexibility index (Phi) is 9.10. The number of amides is 3. The summed E-state index contributed by atoms with van der Waals surface area (Å²) in [5.74, 6) is -1.35. The Balaban J connectivity index is 3.91. The van der Waals surface area contributed by atoms with Crippen molar-refractivity contribution in [3.05, 3.63) is 0 Å². The molecule has 0 heterocycles. The molecular formula is C12H23N3O5. The number of methoxy groups -OCH3 is 1. The Bertz CT molecular complexity index is 335. The number of nitrogens with zero attached hydrogens (tertiary/aromatic N) is 1. The zero-order valence-corrected chi connectivity index (χ0v) is 12.1. The van der Waals surface area contributed by atoms with Gasteiger partial charge in [-0.3, -0.25) is 9.59 Å². The van der Waals surface area contributed by atoms with Crippen LogP contribution in [0.5, 0.6) is 0 Å². The highest BCUT2D eigenvalue weighted by molar-refractivity contribution is 5.83. The number of carbonyl (C=O) groups excluding carboxylic acids is 2. The van der Waals surface area contributed by atoms with Crippen LogP contribution in [0.25, 0.3) is 0 Å². The summed E-state index contributed by atoms with van der Waals surface area (Å²) < 4.78 is 4.79. The molecule has 0 radical (unpaired) electrons. The van der Waals surface area contributed by atoms with E-state index in [-0.39, 0.29) is 31.3 Å². The highest BCUT2D eigenvalue weighted by Gasteiger charge is 2.14. The first-order valence-electron chi connectivity index (χ1n) is 6.33. The highest BCUT2D eigenvalue weighted by atomic mass is 16.5. The zero-order valence-electron chi connectivity index (χ0n) is 12.1. The van der Waals surface area contributed by atoms with Crippen molar-refractivity contribution < 1.29 is 24.2 Å². The molecule has 1 unspecified atom stereocenters. The predicted molar refractivity (Wildman–Crippen MR) is 72.3 cm³/mol. The van der Waals surface area contributed by atoms with E-state index in [2.05, 4.69) is 10.6 Å². The first-order valence-corrected chi connectivity index (χ1v) is 6.33. The number of urea groups is 1. The number of nitrogens with one attached hydrogen (secondary N) is 2. The molecular weight excluding hydrogens is 266 g/mol. The van der Waals surface area contributed by atoms with Crippen LogP contribution < -0.4 is 10.6 Å². The molecule has 0 fully saturated rings. The molecule has 0 rings (SSSR count). The van der Waals surface area contributed by atoms with Crippen LogP contribution in [-0.2, 0) is 14.3 Å². The van der Waals surface area contributed by atoms with E-state index in [9.17, 15) is 14.4 Å². The lowest BCUT2D eigenvalue weighted by Crippen LogP contribution is -2.44. The number of aliphatic carboxylic acids is 1. The van der Waals surface area contributed by atoms with E-state index in [0.717, 1.165) is 0 Å². The van der Waals surface area contributed by atoms with Crippen LogP contribution in [0.15, 0.2) is 0 Å². The van der Waals surface area contributed by atoms with Crippen molar-refractivity contribution in [1.82, 2.24) is 15.5 Å². The van der Waals surface area contributed by atoms with E-state index in [1.54, 1.807) is 6.92 Å². The van der Waals surface area contributed by atoms with Gasteiger partial charge in [-0.25, -0.2) is 4.79 Å². The van der Waals surface area contributed by atoms with Gasteiger partial charge in [0.25, 0.3) is 0 Å². The van der Waals surface area contributed by atoms with Crippen molar-refractivity contribution in [3.8, 4) is 0 Å². The summed E-state index contributed by atoms with van der Waals surface area (Å²) in [4.78, 5) is 34.8. The van der Waals surface area contributed by atoms with Gasteiger partial charge in [0.15, 0.2) is 0 Å². The van der Waals surface area contributed by atoms with Gasteiger partial charge in [-0.2, -0.15) is 0 Å². The fourth-order valence-electron chi connectivity index (χ4n) is 1.40. The third-order valence-corrected chi connectivity index (χ3v) is 2.48. The summed E-state index contributed by atoms with van der Waals surface area (Å²) in [6.07, 6.45) is -0.0124. The number of carboxylic acid groups (broad SMARTS) is 1. The predicted octanol–water partition coefficient (Wildman–Crippen LogP) is -0.499. The van der Waals surface area contributed by atoms with Crippen LogP contribution in [0.4, 0.5) is 4.79 Å². The molecule has 1 atom stereocenters. The smallest absolute Gasteiger partial charge is 0.317 e. The summed E-state index contributed by atoms with van der Waals surface area (Å²) in [7, 11) is 3.02. The Morgan fingerprint density at radius 3 is 2.50 bits per heavy atom. The van der Waals surface area contributed by atoms with Gasteiger partial charge in [-0.05, 0) is 5.92 Å². The Morgan fingerprint density at radius 1 is 1.30 bits per heavy atom. The summed E-state index contributed by atoms with van der Waals surface area (Å²) in [6.45, 7) is 2.71. The largest absolute Gasteiger partial charge is 0.481 e. The Labute approximate surface area is 118 Å². The second-order valence-corrected chi connectivity index (χ2v) is 4.59. The molecule has 0 aliphatic heterocycles. The van der Waals surface area contributed by atoms with Crippen molar-refractivity contribution in [1.29, 1.82) is 0 Å². The number of hydrogen-bond acceptors (Lipinski definition) is 4. The first kappa shape index (κ1) is 18.2. The lowest BCUT2D eigenvalue weighted by atomic mass is 10.1. The number of hydrogen-bond donors (Lipinski definition) is 3. The molecule has 116 valence electrons. The van der Waals surface area contributed by atoms with E-state index in [1.807, 2.05) is 0 Å². The summed E-state index contributed by atoms with van der Waals surface area (Å²) in [5.41, 5.74) is 0. The van der Waals surface area contributed by atoms with Crippen LogP contribution in [0.2, 0.25) is 0 Å². The number of likely N-dealkylation sites (N-methyl/N-ethyl adjacent to an activating group) is 1. The number of rotatable bonds is 9. The molecule has 0 spiro atoms. The average Bonchev–Trinajstić information content (AvgIpc) is 2.35. The van der Waals surface area contributed by atoms with Crippen LogP contribution in [-0.4, -0.2) is 68.3 Å². The monoisotopic (exact) mass is 289 g/mol. The van der Waals surface area contributed by atoms with Gasteiger partial charge in [0.2, 0.25) is 5.91 Å². The topological polar surface area (TPSA) is 108 Å². The third kappa shape index (κ3) is 9.15. The minimum absolute atomic E-state index is 0.0124. The quantitative estimate of drug-likeness (QED) is 0.496. The van der Waals surface area contributed by atoms with Gasteiger partial charge in [0, 0.05) is 33.7 Å². The summed E-state index contributed by atoms with van der Waals surface area (Å²) in [6, 6.07) is -0.413. The van der Waals surface area contributed by atoms with Gasteiger partial charge in [-0.15, -0.1) is 0 Å². The molecule has 0 aromatic rings. The van der Waals surface area contributed by atoms with Gasteiger partial charge in [-0.1, -0.05) is 6.92 Å². The summed E-state index contributed by atoms with van der Waals surface area (Å²) in [5, 5.41) is 13.8. The standard InChI is InChI=1S/C12H23N3O5/c1-9(6-11(17)18)7-14-12(19)15(2)8-10(16)13-4-5-20-3/h9H,4-8H2,1-3H3,(H,13,16)(H,14,19)(H,17,18). The molecule has 0 aromatic heterocycles. The fourth-order valence-corrected chi connectivity index (χ4v) is 1.40. The molecule has 0 aliphatic rings. The third-order valence-electron chi connectivity index (χ3n) is 2.48. The highest BCUT2D eigenvalue weighted by Crippen LogP contribution is 1.99. The van der Waals surface area contributed by atoms with Crippen molar-refractivity contribution >= 4 is 17.9 Å². The van der Waals surface area contributed by atoms with E-state index < -0.39 is 12.0 Å². The van der Waals surface area contributed by atoms with Crippen LogP contribution in [0.3, 0.4) is 0 Å². The SMILES string of the molecule is COCCNC(=O)CN(C)C(=O)NCC(C)CC(=O)O. The maximum Gasteiger partial charge on any atom is 0.317 e. The maximum atomic E-state index is 11.7. The molecule has 8 nitrogen and oxygen atoms in total. The fraction of sp³-hybridized carbons (Fsp3) is 0.750. The lowest BCUT2D eigenvalue weighted by molar-refractivity contribution is -0.137. The van der Waals surface area contributed by atoms with E-state index in [0.29, 0.717) is 13.2 Å². The van der Waals surface area contributed by atoms with E-state index in [1.165, 1.54) is 19.1 Å². The number of ether oxygens (including phenoxy) is 1. The van der Waals surface area contributed by atoms with Gasteiger partial charge < -0.3 is 25.4 Å². The minimum atomic E-state index is -0.905. The average molecular weight is 289 g/mol. The molecule has 8 heteroatoms. The van der Waals surface area contributed by atoms with Crippen molar-refractivity contribution in [2.24, 2.45) is 5.92 Å². The number of carbonyl (C=O) groups is 3. The van der Waals surface area contributed by atoms with Crippen LogP contribution in [0, 0.1) is 5.92 Å². The Morgan fingerprint density at radius 2 is 1.95 bits per heavy atom. The molecule has 0 saturated carbocycles. The van der Waals surface area contributed by atoms with Crippen molar-refractivity contribution in [3.63, 3.8) is 0 Å². The molecule has 3 amide bonds. The molecule has 0 aromatic carbocycles. The van der Waals surface area contributed by atoms with Gasteiger partial charge in [0.1, 0.15) is 6.54 Å². The van der Waals surface area contributed by atoms with Crippen LogP contribution >= 0.6 is 0 Å². The minimum Gasteiger partial charge on any atom is -0.481 e. The van der Waals surface area contributed by atoms with Gasteiger partial charge in [0.05, 0.1) is 6.61 Å². The van der Waals surface area contributed by atoms with Crippen LogP contribution in [0.1, 0.15) is 13.3 Å². The summed E-state index contributed by atoms with van der Waals surface area (Å²) >= 11 is 0.